The molecular weight excluding hydrogens is 256 g/mol. The van der Waals surface area contributed by atoms with Crippen molar-refractivity contribution in [2.45, 2.75) is 6.92 Å². The molecule has 0 fully saturated rings. The first kappa shape index (κ1) is 12.3. The van der Waals surface area contributed by atoms with Gasteiger partial charge in [-0.1, -0.05) is 15.9 Å². The summed E-state index contributed by atoms with van der Waals surface area (Å²) in [6.45, 7) is 4.31. The maximum absolute atomic E-state index is 5.26. The zero-order valence-electron chi connectivity index (χ0n) is 9.14. The van der Waals surface area contributed by atoms with Crippen LogP contribution < -0.4 is 10.6 Å². The van der Waals surface area contributed by atoms with Crippen LogP contribution in [0.15, 0.2) is 22.7 Å². The molecule has 84 valence electrons. The van der Waals surface area contributed by atoms with Crippen molar-refractivity contribution < 1.29 is 4.74 Å². The van der Waals surface area contributed by atoms with Gasteiger partial charge in [-0.25, -0.2) is 0 Å². The average molecular weight is 273 g/mol. The van der Waals surface area contributed by atoms with E-state index in [-0.39, 0.29) is 0 Å². The Bertz CT molecular complexity index is 305. The SMILES string of the molecule is CCOCCNc1cc(Br)ccc1NC. The number of anilines is 2. The van der Waals surface area contributed by atoms with E-state index < -0.39 is 0 Å². The van der Waals surface area contributed by atoms with Crippen molar-refractivity contribution in [1.82, 2.24) is 0 Å². The highest BCUT2D eigenvalue weighted by Gasteiger charge is 2.00. The standard InChI is InChI=1S/C11H17BrN2O/c1-3-15-7-6-14-11-8-9(12)4-5-10(11)13-2/h4-5,8,13-14H,3,6-7H2,1-2H3. The quantitative estimate of drug-likeness (QED) is 0.782. The molecule has 0 aliphatic carbocycles. The fraction of sp³-hybridized carbons (Fsp3) is 0.455. The predicted octanol–water partition coefficient (Wildman–Crippen LogP) is 2.94. The minimum Gasteiger partial charge on any atom is -0.386 e. The highest BCUT2D eigenvalue weighted by Crippen LogP contribution is 2.25. The summed E-state index contributed by atoms with van der Waals surface area (Å²) in [6.07, 6.45) is 0. The third kappa shape index (κ3) is 4.10. The van der Waals surface area contributed by atoms with Crippen LogP contribution >= 0.6 is 15.9 Å². The lowest BCUT2D eigenvalue weighted by Gasteiger charge is -2.12. The largest absolute Gasteiger partial charge is 0.386 e. The Kier molecular flexibility index (Phi) is 5.50. The van der Waals surface area contributed by atoms with Crippen LogP contribution in [0.4, 0.5) is 11.4 Å². The van der Waals surface area contributed by atoms with E-state index in [0.29, 0.717) is 0 Å². The molecule has 0 saturated carbocycles. The molecule has 0 aliphatic rings. The molecule has 0 amide bonds. The summed E-state index contributed by atoms with van der Waals surface area (Å²) in [6, 6.07) is 6.10. The van der Waals surface area contributed by atoms with Crippen LogP contribution in [0, 0.1) is 0 Å². The number of ether oxygens (including phenoxy) is 1. The highest BCUT2D eigenvalue weighted by molar-refractivity contribution is 9.10. The third-order valence-electron chi connectivity index (χ3n) is 2.02. The summed E-state index contributed by atoms with van der Waals surface area (Å²) in [5, 5.41) is 6.46. The summed E-state index contributed by atoms with van der Waals surface area (Å²) in [4.78, 5) is 0. The number of nitrogens with one attached hydrogen (secondary N) is 2. The topological polar surface area (TPSA) is 33.3 Å². The summed E-state index contributed by atoms with van der Waals surface area (Å²) < 4.78 is 6.33. The first-order valence-electron chi connectivity index (χ1n) is 5.07. The molecule has 15 heavy (non-hydrogen) atoms. The summed E-state index contributed by atoms with van der Waals surface area (Å²) in [7, 11) is 1.91. The molecule has 0 unspecified atom stereocenters. The van der Waals surface area contributed by atoms with Crippen molar-refractivity contribution in [3.63, 3.8) is 0 Å². The second-order valence-corrected chi connectivity index (χ2v) is 3.98. The first-order chi connectivity index (χ1) is 7.27. The number of halogens is 1. The average Bonchev–Trinajstić information content (AvgIpc) is 2.25. The van der Waals surface area contributed by atoms with Gasteiger partial charge in [0.25, 0.3) is 0 Å². The fourth-order valence-corrected chi connectivity index (χ4v) is 1.64. The second kappa shape index (κ2) is 6.69. The van der Waals surface area contributed by atoms with E-state index in [9.17, 15) is 0 Å². The van der Waals surface area contributed by atoms with Gasteiger partial charge in [0.05, 0.1) is 18.0 Å². The zero-order chi connectivity index (χ0) is 11.1. The minimum absolute atomic E-state index is 0.728. The molecule has 0 aromatic heterocycles. The van der Waals surface area contributed by atoms with Gasteiger partial charge in [0, 0.05) is 24.7 Å². The zero-order valence-corrected chi connectivity index (χ0v) is 10.7. The Morgan fingerprint density at radius 3 is 2.80 bits per heavy atom. The normalized spacial score (nSPS) is 10.1. The van der Waals surface area contributed by atoms with Gasteiger partial charge < -0.3 is 15.4 Å². The van der Waals surface area contributed by atoms with Crippen LogP contribution in [-0.4, -0.2) is 26.8 Å². The number of rotatable bonds is 6. The molecule has 0 atom stereocenters. The van der Waals surface area contributed by atoms with Gasteiger partial charge in [-0.05, 0) is 25.1 Å². The molecule has 1 aromatic rings. The lowest BCUT2D eigenvalue weighted by Crippen LogP contribution is -2.10. The second-order valence-electron chi connectivity index (χ2n) is 3.06. The predicted molar refractivity (Wildman–Crippen MR) is 68.7 cm³/mol. The van der Waals surface area contributed by atoms with Gasteiger partial charge in [0.2, 0.25) is 0 Å². The smallest absolute Gasteiger partial charge is 0.0638 e. The molecule has 1 aromatic carbocycles. The van der Waals surface area contributed by atoms with E-state index in [0.717, 1.165) is 35.6 Å². The number of benzene rings is 1. The maximum Gasteiger partial charge on any atom is 0.0638 e. The third-order valence-corrected chi connectivity index (χ3v) is 2.51. The molecule has 2 N–H and O–H groups in total. The van der Waals surface area contributed by atoms with Crippen molar-refractivity contribution >= 4 is 27.3 Å². The lowest BCUT2D eigenvalue weighted by atomic mass is 10.2. The fourth-order valence-electron chi connectivity index (χ4n) is 1.28. The van der Waals surface area contributed by atoms with Crippen LogP contribution in [-0.2, 0) is 4.74 Å². The molecule has 1 rings (SSSR count). The van der Waals surface area contributed by atoms with E-state index in [1.54, 1.807) is 0 Å². The van der Waals surface area contributed by atoms with Crippen LogP contribution in [0.2, 0.25) is 0 Å². The van der Waals surface area contributed by atoms with Crippen molar-refractivity contribution in [2.24, 2.45) is 0 Å². The van der Waals surface area contributed by atoms with Gasteiger partial charge in [-0.15, -0.1) is 0 Å². The van der Waals surface area contributed by atoms with Crippen LogP contribution in [0.3, 0.4) is 0 Å². The Morgan fingerprint density at radius 1 is 1.33 bits per heavy atom. The van der Waals surface area contributed by atoms with Gasteiger partial charge in [0.1, 0.15) is 0 Å². The highest BCUT2D eigenvalue weighted by atomic mass is 79.9. The van der Waals surface area contributed by atoms with Crippen molar-refractivity contribution in [3.05, 3.63) is 22.7 Å². The monoisotopic (exact) mass is 272 g/mol. The van der Waals surface area contributed by atoms with Gasteiger partial charge >= 0.3 is 0 Å². The number of hydrogen-bond acceptors (Lipinski definition) is 3. The Morgan fingerprint density at radius 2 is 2.13 bits per heavy atom. The van der Waals surface area contributed by atoms with Gasteiger partial charge in [-0.2, -0.15) is 0 Å². The Hall–Kier alpha value is -0.740. The van der Waals surface area contributed by atoms with E-state index in [1.807, 2.05) is 26.1 Å². The lowest BCUT2D eigenvalue weighted by molar-refractivity contribution is 0.158. The van der Waals surface area contributed by atoms with E-state index in [2.05, 4.69) is 32.6 Å². The van der Waals surface area contributed by atoms with E-state index in [1.165, 1.54) is 0 Å². The molecule has 4 heteroatoms. The minimum atomic E-state index is 0.728. The van der Waals surface area contributed by atoms with E-state index in [4.69, 9.17) is 4.74 Å². The summed E-state index contributed by atoms with van der Waals surface area (Å²) >= 11 is 3.45. The maximum atomic E-state index is 5.26. The van der Waals surface area contributed by atoms with Crippen LogP contribution in [0.1, 0.15) is 6.92 Å². The molecule has 0 radical (unpaired) electrons. The summed E-state index contributed by atoms with van der Waals surface area (Å²) in [5.74, 6) is 0. The first-order valence-corrected chi connectivity index (χ1v) is 5.86. The molecule has 0 saturated heterocycles. The summed E-state index contributed by atoms with van der Waals surface area (Å²) in [5.41, 5.74) is 2.18. The molecular formula is C11H17BrN2O. The molecule has 0 aliphatic heterocycles. The Labute approximate surface area is 99.3 Å². The van der Waals surface area contributed by atoms with Crippen molar-refractivity contribution in [3.8, 4) is 0 Å². The molecule has 3 nitrogen and oxygen atoms in total. The van der Waals surface area contributed by atoms with Gasteiger partial charge in [0.15, 0.2) is 0 Å². The molecule has 0 spiro atoms. The van der Waals surface area contributed by atoms with Crippen LogP contribution in [0.5, 0.6) is 0 Å². The number of hydrogen-bond donors (Lipinski definition) is 2. The van der Waals surface area contributed by atoms with Crippen molar-refractivity contribution in [2.75, 3.05) is 37.4 Å². The van der Waals surface area contributed by atoms with E-state index >= 15 is 0 Å². The molecule has 0 bridgehead atoms. The van der Waals surface area contributed by atoms with Crippen molar-refractivity contribution in [1.29, 1.82) is 0 Å². The Balaban J connectivity index is 2.54. The molecule has 0 heterocycles. The van der Waals surface area contributed by atoms with Crippen LogP contribution in [0.25, 0.3) is 0 Å². The van der Waals surface area contributed by atoms with Gasteiger partial charge in [-0.3, -0.25) is 0 Å².